The van der Waals surface area contributed by atoms with Crippen molar-refractivity contribution < 1.29 is 5.11 Å². The normalized spacial score (nSPS) is 8.40. The van der Waals surface area contributed by atoms with E-state index in [-0.39, 0.29) is 0 Å². The first-order valence-corrected chi connectivity index (χ1v) is 5.23. The van der Waals surface area contributed by atoms with Crippen LogP contribution in [0.25, 0.3) is 0 Å². The number of rotatable bonds is 4. The molecule has 0 rings (SSSR count). The van der Waals surface area contributed by atoms with Crippen LogP contribution in [0.4, 0.5) is 0 Å². The molecule has 7 radical (unpaired) electrons. The summed E-state index contributed by atoms with van der Waals surface area (Å²) in [7, 11) is 0. The van der Waals surface area contributed by atoms with Crippen LogP contribution in [0, 0.1) is 0 Å². The molecule has 0 unspecified atom stereocenters. The third kappa shape index (κ3) is 23.3. The van der Waals surface area contributed by atoms with Crippen LogP contribution in [0.3, 0.4) is 0 Å². The molecule has 0 aliphatic heterocycles. The van der Waals surface area contributed by atoms with Crippen LogP contribution in [-0.4, -0.2) is 33.4 Å². The summed E-state index contributed by atoms with van der Waals surface area (Å²) in [4.78, 5) is 0. The fourth-order valence-electron chi connectivity index (χ4n) is 0.408. The van der Waals surface area contributed by atoms with Gasteiger partial charge in [-0.3, -0.25) is 0 Å². The van der Waals surface area contributed by atoms with Gasteiger partial charge in [0.15, 0.2) is 0 Å². The highest BCUT2D eigenvalue weighted by Crippen LogP contribution is 1.86. The summed E-state index contributed by atoms with van der Waals surface area (Å²) in [5, 5.41) is 8.07. The standard InChI is InChI=1S/C4H10O.C4H9.Mg/c1-2-3-4-5;1-3-4-2;/h5H,2-4H2,1H3;1,3-4H2,2H3;/q;;+2. The number of hydrogen-bond acceptors (Lipinski definition) is 1. The molecule has 0 aliphatic rings. The minimum absolute atomic E-state index is 0.344. The van der Waals surface area contributed by atoms with E-state index in [4.69, 9.17) is 5.11 Å². The zero-order valence-corrected chi connectivity index (χ0v) is 8.81. The first kappa shape index (κ1) is 13.3. The summed E-state index contributed by atoms with van der Waals surface area (Å²) in [5.74, 6) is 0. The predicted molar refractivity (Wildman–Crippen MR) is 47.5 cm³/mol. The molecule has 0 saturated carbocycles. The quantitative estimate of drug-likeness (QED) is 0.617. The number of unbranched alkanes of at least 4 members (excludes halogenated alkanes) is 2. The molecular formula is C8H19MgO+2. The van der Waals surface area contributed by atoms with Crippen LogP contribution >= 0.6 is 0 Å². The first-order chi connectivity index (χ1) is 4.83. The molecule has 0 atom stereocenters. The number of hydrogen-bond donors (Lipinski definition) is 1. The lowest BCUT2D eigenvalue weighted by Crippen LogP contribution is -1.75. The van der Waals surface area contributed by atoms with Gasteiger partial charge in [-0.25, -0.2) is 0 Å². The van der Waals surface area contributed by atoms with E-state index in [1.807, 2.05) is 21.7 Å². The van der Waals surface area contributed by atoms with Crippen molar-refractivity contribution in [3.05, 3.63) is 0 Å². The molecular weight excluding hydrogens is 136 g/mol. The van der Waals surface area contributed by atoms with E-state index in [2.05, 4.69) is 13.8 Å². The monoisotopic (exact) mass is 155 g/mol. The van der Waals surface area contributed by atoms with Gasteiger partial charge in [-0.05, 0) is 12.8 Å². The third-order valence-electron chi connectivity index (χ3n) is 1.12. The van der Waals surface area contributed by atoms with Gasteiger partial charge in [0.05, 0.1) is 0 Å². The molecule has 1 N–H and O–H groups in total. The summed E-state index contributed by atoms with van der Waals surface area (Å²) >= 11 is 2.05. The molecule has 0 fully saturated rings. The van der Waals surface area contributed by atoms with Gasteiger partial charge in [0, 0.05) is 13.0 Å². The number of aliphatic hydroxyl groups excluding tert-OH is 1. The molecule has 1 nitrogen and oxygen atoms in total. The van der Waals surface area contributed by atoms with Gasteiger partial charge >= 0.3 is 21.7 Å². The van der Waals surface area contributed by atoms with Crippen molar-refractivity contribution in [1.82, 2.24) is 0 Å². The predicted octanol–water partition coefficient (Wildman–Crippen LogP) is 2.15. The van der Waals surface area contributed by atoms with Crippen LogP contribution in [0.2, 0.25) is 4.55 Å². The Kier molecular flexibility index (Phi) is 21.8. The highest BCUT2D eigenvalue weighted by molar-refractivity contribution is 6.08. The van der Waals surface area contributed by atoms with Gasteiger partial charge in [-0.1, -0.05) is 20.3 Å². The van der Waals surface area contributed by atoms with E-state index >= 15 is 0 Å². The Balaban J connectivity index is 0. The van der Waals surface area contributed by atoms with Gasteiger partial charge in [0.1, 0.15) is 0 Å². The molecule has 0 aromatic rings. The molecule has 0 aliphatic carbocycles. The largest absolute Gasteiger partial charge is 1.41 e. The van der Waals surface area contributed by atoms with Crippen LogP contribution in [0.1, 0.15) is 39.5 Å². The fourth-order valence-corrected chi connectivity index (χ4v) is 0.908. The fraction of sp³-hybridized carbons (Fsp3) is 1.00. The SMILES string of the molecule is CCCCO.CCC[CH2][Mg+2]. The van der Waals surface area contributed by atoms with E-state index < -0.39 is 0 Å². The Morgan fingerprint density at radius 1 is 1.10 bits per heavy atom. The molecule has 0 aromatic carbocycles. The smallest absolute Gasteiger partial charge is 0.396 e. The summed E-state index contributed by atoms with van der Waals surface area (Å²) in [6, 6.07) is 0. The summed E-state index contributed by atoms with van der Waals surface area (Å²) in [6.45, 7) is 4.61. The van der Waals surface area contributed by atoms with E-state index in [1.165, 1.54) is 17.4 Å². The molecule has 0 amide bonds. The van der Waals surface area contributed by atoms with Crippen LogP contribution in [-0.2, 0) is 0 Å². The van der Waals surface area contributed by atoms with Crippen molar-refractivity contribution in [2.24, 2.45) is 0 Å². The van der Waals surface area contributed by atoms with Crippen molar-refractivity contribution in [3.63, 3.8) is 0 Å². The van der Waals surface area contributed by atoms with Gasteiger partial charge in [-0.15, -0.1) is 0 Å². The molecule has 0 aromatic heterocycles. The second-order valence-electron chi connectivity index (χ2n) is 2.28. The summed E-state index contributed by atoms with van der Waals surface area (Å²) < 4.78 is 1.37. The average molecular weight is 156 g/mol. The van der Waals surface area contributed by atoms with Crippen molar-refractivity contribution >= 4 is 21.7 Å². The Morgan fingerprint density at radius 3 is 1.60 bits per heavy atom. The van der Waals surface area contributed by atoms with Crippen molar-refractivity contribution in [3.8, 4) is 0 Å². The Bertz CT molecular complexity index is 30.2. The van der Waals surface area contributed by atoms with E-state index in [0.29, 0.717) is 6.61 Å². The second kappa shape index (κ2) is 16.4. The van der Waals surface area contributed by atoms with E-state index in [1.54, 1.807) is 0 Å². The lowest BCUT2D eigenvalue weighted by Gasteiger charge is -1.79. The lowest BCUT2D eigenvalue weighted by atomic mass is 10.4. The van der Waals surface area contributed by atoms with Gasteiger partial charge in [-0.2, -0.15) is 0 Å². The second-order valence-corrected chi connectivity index (χ2v) is 2.99. The Labute approximate surface area is 77.6 Å². The van der Waals surface area contributed by atoms with Crippen molar-refractivity contribution in [2.75, 3.05) is 6.61 Å². The molecule has 0 bridgehead atoms. The number of aliphatic hydroxyl groups is 1. The zero-order chi connectivity index (χ0) is 8.24. The topological polar surface area (TPSA) is 20.2 Å². The highest BCUT2D eigenvalue weighted by Gasteiger charge is 2.19. The molecule has 10 heavy (non-hydrogen) atoms. The first-order valence-electron chi connectivity index (χ1n) is 4.23. The van der Waals surface area contributed by atoms with Crippen LogP contribution < -0.4 is 0 Å². The summed E-state index contributed by atoms with van der Waals surface area (Å²) in [5.41, 5.74) is 0. The van der Waals surface area contributed by atoms with Gasteiger partial charge in [0.25, 0.3) is 4.55 Å². The molecule has 0 spiro atoms. The van der Waals surface area contributed by atoms with Crippen molar-refractivity contribution in [2.45, 2.75) is 44.1 Å². The van der Waals surface area contributed by atoms with E-state index in [9.17, 15) is 0 Å². The molecule has 0 heterocycles. The average Bonchev–Trinajstić information content (AvgIpc) is 1.93. The lowest BCUT2D eigenvalue weighted by molar-refractivity contribution is 0.287. The van der Waals surface area contributed by atoms with Crippen molar-refractivity contribution in [1.29, 1.82) is 0 Å². The third-order valence-corrected chi connectivity index (χ3v) is 1.62. The Hall–Kier alpha value is 0.726. The zero-order valence-electron chi connectivity index (χ0n) is 7.40. The maximum absolute atomic E-state index is 8.07. The van der Waals surface area contributed by atoms with E-state index in [0.717, 1.165) is 12.8 Å². The van der Waals surface area contributed by atoms with Gasteiger partial charge in [0.2, 0.25) is 0 Å². The molecule has 57 valence electrons. The maximum Gasteiger partial charge on any atom is 1.41 e. The Morgan fingerprint density at radius 2 is 1.60 bits per heavy atom. The highest BCUT2D eigenvalue weighted by atomic mass is 24.4. The minimum Gasteiger partial charge on any atom is -0.396 e. The molecule has 0 saturated heterocycles. The maximum atomic E-state index is 8.07. The van der Waals surface area contributed by atoms with Gasteiger partial charge < -0.3 is 5.11 Å². The van der Waals surface area contributed by atoms with Crippen LogP contribution in [0.5, 0.6) is 0 Å². The minimum atomic E-state index is 0.344. The molecule has 2 heteroatoms. The van der Waals surface area contributed by atoms with Crippen LogP contribution in [0.15, 0.2) is 0 Å². The summed E-state index contributed by atoms with van der Waals surface area (Å²) in [6.07, 6.45) is 4.79.